The molecule has 0 unspecified atom stereocenters. The number of sulfonamides is 1. The Kier molecular flexibility index (Phi) is 6.53. The van der Waals surface area contributed by atoms with Gasteiger partial charge in [-0.1, -0.05) is 18.2 Å². The zero-order valence-electron chi connectivity index (χ0n) is 17.7. The standard InChI is InChI=1S/C22H20F3N5O3S/c23-22(24,25)19-10-11-26-21(28-19)29-12-14-30(15-13-29)34(32,33)18-8-6-17(7-9-18)27-20(31)16-4-2-1-3-5-16/h1-11H,12-15H2,(H,27,31). The van der Waals surface area contributed by atoms with E-state index in [0.717, 1.165) is 12.3 Å². The van der Waals surface area contributed by atoms with E-state index in [9.17, 15) is 26.4 Å². The van der Waals surface area contributed by atoms with Gasteiger partial charge in [0.25, 0.3) is 5.91 Å². The number of benzene rings is 2. The lowest BCUT2D eigenvalue weighted by Gasteiger charge is -2.34. The van der Waals surface area contributed by atoms with E-state index in [1.807, 2.05) is 0 Å². The number of halogens is 3. The van der Waals surface area contributed by atoms with Crippen LogP contribution in [0, 0.1) is 0 Å². The van der Waals surface area contributed by atoms with Crippen molar-refractivity contribution in [3.05, 3.63) is 78.1 Å². The summed E-state index contributed by atoms with van der Waals surface area (Å²) in [5.41, 5.74) is -0.131. The van der Waals surface area contributed by atoms with Gasteiger partial charge in [0.05, 0.1) is 4.90 Å². The highest BCUT2D eigenvalue weighted by Crippen LogP contribution is 2.28. The number of anilines is 2. The topological polar surface area (TPSA) is 95.5 Å². The molecule has 0 bridgehead atoms. The van der Waals surface area contributed by atoms with Gasteiger partial charge in [0.15, 0.2) is 0 Å². The van der Waals surface area contributed by atoms with E-state index in [0.29, 0.717) is 11.3 Å². The molecule has 0 spiro atoms. The fourth-order valence-electron chi connectivity index (χ4n) is 3.44. The SMILES string of the molecule is O=C(Nc1ccc(S(=O)(=O)N2CCN(c3nccc(C(F)(F)F)n3)CC2)cc1)c1ccccc1. The fourth-order valence-corrected chi connectivity index (χ4v) is 4.86. The number of carbonyl (C=O) groups excluding carboxylic acids is 1. The summed E-state index contributed by atoms with van der Waals surface area (Å²) in [5.74, 6) is -0.408. The molecule has 178 valence electrons. The van der Waals surface area contributed by atoms with E-state index in [1.54, 1.807) is 30.3 Å². The second kappa shape index (κ2) is 9.39. The van der Waals surface area contributed by atoms with Crippen molar-refractivity contribution in [2.75, 3.05) is 36.4 Å². The van der Waals surface area contributed by atoms with Crippen LogP contribution < -0.4 is 10.2 Å². The average molecular weight is 491 g/mol. The first kappa shape index (κ1) is 23.6. The third-order valence-electron chi connectivity index (χ3n) is 5.24. The molecule has 1 amide bonds. The molecule has 0 aliphatic carbocycles. The minimum atomic E-state index is -4.59. The van der Waals surface area contributed by atoms with E-state index in [2.05, 4.69) is 15.3 Å². The van der Waals surface area contributed by atoms with E-state index in [-0.39, 0.29) is 42.9 Å². The number of piperazine rings is 1. The van der Waals surface area contributed by atoms with Crippen LogP contribution in [0.3, 0.4) is 0 Å². The number of rotatable bonds is 5. The summed E-state index contributed by atoms with van der Waals surface area (Å²) in [5, 5.41) is 2.71. The number of hydrogen-bond donors (Lipinski definition) is 1. The van der Waals surface area contributed by atoms with Gasteiger partial charge in [0.1, 0.15) is 5.69 Å². The van der Waals surface area contributed by atoms with Crippen molar-refractivity contribution in [2.24, 2.45) is 0 Å². The van der Waals surface area contributed by atoms with Crippen LogP contribution in [0.25, 0.3) is 0 Å². The molecule has 1 saturated heterocycles. The molecule has 1 fully saturated rings. The van der Waals surface area contributed by atoms with Crippen molar-refractivity contribution in [3.8, 4) is 0 Å². The Hall–Kier alpha value is -3.51. The maximum atomic E-state index is 13.0. The lowest BCUT2D eigenvalue weighted by molar-refractivity contribution is -0.141. The van der Waals surface area contributed by atoms with Crippen LogP contribution in [-0.4, -0.2) is 54.8 Å². The van der Waals surface area contributed by atoms with Crippen LogP contribution in [0.15, 0.2) is 71.8 Å². The highest BCUT2D eigenvalue weighted by Gasteiger charge is 2.34. The number of hydrogen-bond acceptors (Lipinski definition) is 6. The van der Waals surface area contributed by atoms with Gasteiger partial charge < -0.3 is 10.2 Å². The maximum absolute atomic E-state index is 13.0. The number of nitrogens with one attached hydrogen (secondary N) is 1. The summed E-state index contributed by atoms with van der Waals surface area (Å²) in [7, 11) is -3.82. The largest absolute Gasteiger partial charge is 0.433 e. The fraction of sp³-hybridized carbons (Fsp3) is 0.227. The third-order valence-corrected chi connectivity index (χ3v) is 7.15. The predicted octanol–water partition coefficient (Wildman–Crippen LogP) is 3.26. The summed E-state index contributed by atoms with van der Waals surface area (Å²) in [4.78, 5) is 21.3. The van der Waals surface area contributed by atoms with Crippen LogP contribution in [0.2, 0.25) is 0 Å². The van der Waals surface area contributed by atoms with Gasteiger partial charge in [-0.25, -0.2) is 18.4 Å². The summed E-state index contributed by atoms with van der Waals surface area (Å²) in [6, 6.07) is 15.2. The van der Waals surface area contributed by atoms with Crippen molar-refractivity contribution < 1.29 is 26.4 Å². The highest BCUT2D eigenvalue weighted by atomic mass is 32.2. The molecule has 0 radical (unpaired) electrons. The van der Waals surface area contributed by atoms with Crippen LogP contribution in [0.5, 0.6) is 0 Å². The molecular weight excluding hydrogens is 471 g/mol. The molecule has 3 aromatic rings. The minimum absolute atomic E-state index is 0.0500. The normalized spacial score (nSPS) is 15.2. The Bertz CT molecular complexity index is 1260. The summed E-state index contributed by atoms with van der Waals surface area (Å²) in [6.45, 7) is 0.417. The molecule has 34 heavy (non-hydrogen) atoms. The van der Waals surface area contributed by atoms with Gasteiger partial charge in [-0.05, 0) is 42.5 Å². The zero-order chi connectivity index (χ0) is 24.3. The van der Waals surface area contributed by atoms with Crippen molar-refractivity contribution in [3.63, 3.8) is 0 Å². The van der Waals surface area contributed by atoms with Crippen LogP contribution in [-0.2, 0) is 16.2 Å². The number of nitrogens with zero attached hydrogens (tertiary/aromatic N) is 4. The van der Waals surface area contributed by atoms with Gasteiger partial charge in [0.2, 0.25) is 16.0 Å². The van der Waals surface area contributed by atoms with Crippen molar-refractivity contribution in [1.29, 1.82) is 0 Å². The summed E-state index contributed by atoms with van der Waals surface area (Å²) in [6.07, 6.45) is -3.55. The number of carbonyl (C=O) groups is 1. The Morgan fingerprint density at radius 2 is 1.56 bits per heavy atom. The average Bonchev–Trinajstić information content (AvgIpc) is 2.84. The molecule has 1 aliphatic heterocycles. The van der Waals surface area contributed by atoms with Gasteiger partial charge >= 0.3 is 6.18 Å². The number of amides is 1. The Morgan fingerprint density at radius 1 is 0.912 bits per heavy atom. The van der Waals surface area contributed by atoms with Crippen LogP contribution in [0.1, 0.15) is 16.1 Å². The molecule has 12 heteroatoms. The van der Waals surface area contributed by atoms with E-state index < -0.39 is 21.9 Å². The van der Waals surface area contributed by atoms with Crippen molar-refractivity contribution in [1.82, 2.24) is 14.3 Å². The minimum Gasteiger partial charge on any atom is -0.338 e. The molecule has 0 atom stereocenters. The maximum Gasteiger partial charge on any atom is 0.433 e. The first-order chi connectivity index (χ1) is 16.1. The lowest BCUT2D eigenvalue weighted by atomic mass is 10.2. The lowest BCUT2D eigenvalue weighted by Crippen LogP contribution is -2.49. The Morgan fingerprint density at radius 3 is 2.18 bits per heavy atom. The highest BCUT2D eigenvalue weighted by molar-refractivity contribution is 7.89. The first-order valence-electron chi connectivity index (χ1n) is 10.3. The molecule has 1 aliphatic rings. The number of aromatic nitrogens is 2. The van der Waals surface area contributed by atoms with Crippen LogP contribution in [0.4, 0.5) is 24.8 Å². The van der Waals surface area contributed by atoms with Gasteiger partial charge in [0, 0.05) is 43.6 Å². The van der Waals surface area contributed by atoms with Crippen LogP contribution >= 0.6 is 0 Å². The molecule has 0 saturated carbocycles. The second-order valence-electron chi connectivity index (χ2n) is 7.48. The van der Waals surface area contributed by atoms with Gasteiger partial charge in [-0.2, -0.15) is 17.5 Å². The molecule has 8 nitrogen and oxygen atoms in total. The van der Waals surface area contributed by atoms with E-state index >= 15 is 0 Å². The Labute approximate surface area is 194 Å². The number of alkyl halides is 3. The van der Waals surface area contributed by atoms with E-state index in [4.69, 9.17) is 0 Å². The van der Waals surface area contributed by atoms with Gasteiger partial charge in [-0.3, -0.25) is 4.79 Å². The smallest absolute Gasteiger partial charge is 0.338 e. The molecule has 2 aromatic carbocycles. The van der Waals surface area contributed by atoms with Gasteiger partial charge in [-0.15, -0.1) is 0 Å². The van der Waals surface area contributed by atoms with Crippen molar-refractivity contribution in [2.45, 2.75) is 11.1 Å². The second-order valence-corrected chi connectivity index (χ2v) is 9.41. The quantitative estimate of drug-likeness (QED) is 0.589. The molecule has 4 rings (SSSR count). The molecule has 1 N–H and O–H groups in total. The van der Waals surface area contributed by atoms with E-state index in [1.165, 1.54) is 33.5 Å². The Balaban J connectivity index is 1.40. The summed E-state index contributed by atoms with van der Waals surface area (Å²) >= 11 is 0. The zero-order valence-corrected chi connectivity index (χ0v) is 18.6. The first-order valence-corrected chi connectivity index (χ1v) is 11.7. The molecule has 1 aromatic heterocycles. The van der Waals surface area contributed by atoms with Crippen molar-refractivity contribution >= 4 is 27.6 Å². The molecule has 2 heterocycles. The summed E-state index contributed by atoms with van der Waals surface area (Å²) < 4.78 is 66.0. The molecular formula is C22H20F3N5O3S. The predicted molar refractivity (Wildman–Crippen MR) is 119 cm³/mol. The third kappa shape index (κ3) is 5.18. The monoisotopic (exact) mass is 491 g/mol.